The molecule has 6 nitrogen and oxygen atoms in total. The van der Waals surface area contributed by atoms with Crippen molar-refractivity contribution in [3.05, 3.63) is 35.9 Å². The first-order chi connectivity index (χ1) is 11.8. The summed E-state index contributed by atoms with van der Waals surface area (Å²) in [6, 6.07) is 9.42. The number of rotatable bonds is 6. The van der Waals surface area contributed by atoms with Crippen LogP contribution >= 0.6 is 24.0 Å². The molecule has 1 fully saturated rings. The smallest absolute Gasteiger partial charge is 0.408 e. The van der Waals surface area contributed by atoms with Gasteiger partial charge in [0, 0.05) is 6.54 Å². The van der Waals surface area contributed by atoms with Crippen LogP contribution in [0.25, 0.3) is 0 Å². The van der Waals surface area contributed by atoms with E-state index in [0.29, 0.717) is 18.4 Å². The molecule has 0 spiro atoms. The quantitative estimate of drug-likeness (QED) is 0.334. The first kappa shape index (κ1) is 22.5. The van der Waals surface area contributed by atoms with Crippen LogP contribution in [0.3, 0.4) is 0 Å². The van der Waals surface area contributed by atoms with Gasteiger partial charge in [0.05, 0.1) is 12.6 Å². The highest BCUT2D eigenvalue weighted by Crippen LogP contribution is 2.25. The first-order valence-electron chi connectivity index (χ1n) is 8.92. The zero-order valence-corrected chi connectivity index (χ0v) is 18.2. The highest BCUT2D eigenvalue weighted by molar-refractivity contribution is 14.0. The molecule has 1 saturated carbocycles. The number of ether oxygens (including phenoxy) is 1. The molecule has 0 aliphatic heterocycles. The van der Waals surface area contributed by atoms with Gasteiger partial charge in [0.25, 0.3) is 0 Å². The average molecular weight is 474 g/mol. The van der Waals surface area contributed by atoms with Crippen LogP contribution in [0, 0.1) is 5.92 Å². The molecule has 146 valence electrons. The number of carbonyl (C=O) groups excluding carboxylic acids is 1. The summed E-state index contributed by atoms with van der Waals surface area (Å²) in [5.74, 6) is 1.12. The third-order valence-corrected chi connectivity index (χ3v) is 4.13. The van der Waals surface area contributed by atoms with Gasteiger partial charge in [-0.15, -0.1) is 24.0 Å². The van der Waals surface area contributed by atoms with Gasteiger partial charge in [-0.25, -0.2) is 4.79 Å². The number of guanidine groups is 1. The Labute approximate surface area is 173 Å². The van der Waals surface area contributed by atoms with Gasteiger partial charge in [0.1, 0.15) is 5.60 Å². The lowest BCUT2D eigenvalue weighted by Gasteiger charge is -2.25. The Bertz CT molecular complexity index is 583. The molecule has 0 heterocycles. The number of aliphatic imine (C=N–C) groups is 1. The van der Waals surface area contributed by atoms with Crippen LogP contribution in [0.4, 0.5) is 4.79 Å². The summed E-state index contributed by atoms with van der Waals surface area (Å²) >= 11 is 0. The lowest BCUT2D eigenvalue weighted by molar-refractivity contribution is 0.0505. The summed E-state index contributed by atoms with van der Waals surface area (Å²) in [7, 11) is 0. The van der Waals surface area contributed by atoms with Crippen molar-refractivity contribution in [1.82, 2.24) is 10.6 Å². The topological polar surface area (TPSA) is 88.7 Å². The van der Waals surface area contributed by atoms with Gasteiger partial charge in [0.2, 0.25) is 0 Å². The number of carbonyl (C=O) groups is 1. The fourth-order valence-corrected chi connectivity index (χ4v) is 2.56. The second-order valence-electron chi connectivity index (χ2n) is 7.51. The predicted molar refractivity (Wildman–Crippen MR) is 116 cm³/mol. The third kappa shape index (κ3) is 8.25. The standard InChI is InChI=1S/C19H30N4O2.HI/c1-19(2,3)25-18(24)23-16(15-10-5-4-6-11-15)13-22-17(20)21-12-14-8-7-9-14;/h4-6,10-11,14,16H,7-9,12-13H2,1-3H3,(H,23,24)(H3,20,21,22);1H. The van der Waals surface area contributed by atoms with Gasteiger partial charge in [-0.2, -0.15) is 0 Å². The summed E-state index contributed by atoms with van der Waals surface area (Å²) in [5, 5.41) is 6.05. The number of nitrogens with one attached hydrogen (secondary N) is 2. The first-order valence-corrected chi connectivity index (χ1v) is 8.92. The largest absolute Gasteiger partial charge is 0.444 e. The Morgan fingerprint density at radius 2 is 1.96 bits per heavy atom. The summed E-state index contributed by atoms with van der Waals surface area (Å²) in [5.41, 5.74) is 6.37. The summed E-state index contributed by atoms with van der Waals surface area (Å²) in [6.45, 7) is 6.73. The van der Waals surface area contributed by atoms with Crippen molar-refractivity contribution < 1.29 is 9.53 Å². The fraction of sp³-hybridized carbons (Fsp3) is 0.579. The van der Waals surface area contributed by atoms with Crippen LogP contribution in [0.5, 0.6) is 0 Å². The molecule has 1 aromatic carbocycles. The van der Waals surface area contributed by atoms with Crippen LogP contribution in [-0.2, 0) is 4.74 Å². The number of hydrogen-bond donors (Lipinski definition) is 3. The maximum absolute atomic E-state index is 12.1. The van der Waals surface area contributed by atoms with E-state index in [-0.39, 0.29) is 30.0 Å². The molecule has 0 saturated heterocycles. The molecule has 1 aromatic rings. The molecule has 1 aliphatic carbocycles. The summed E-state index contributed by atoms with van der Waals surface area (Å²) < 4.78 is 5.35. The van der Waals surface area contributed by atoms with Crippen molar-refractivity contribution in [2.75, 3.05) is 13.1 Å². The highest BCUT2D eigenvalue weighted by Gasteiger charge is 2.21. The van der Waals surface area contributed by atoms with E-state index in [9.17, 15) is 4.79 Å². The molecule has 26 heavy (non-hydrogen) atoms. The molecule has 1 unspecified atom stereocenters. The van der Waals surface area contributed by atoms with E-state index in [0.717, 1.165) is 12.1 Å². The fourth-order valence-electron chi connectivity index (χ4n) is 2.56. The monoisotopic (exact) mass is 474 g/mol. The van der Waals surface area contributed by atoms with Crippen molar-refractivity contribution in [2.45, 2.75) is 51.7 Å². The molecular formula is C19H31IN4O2. The number of hydrogen-bond acceptors (Lipinski definition) is 3. The Morgan fingerprint density at radius 1 is 1.31 bits per heavy atom. The number of halogens is 1. The predicted octanol–water partition coefficient (Wildman–Crippen LogP) is 3.57. The van der Waals surface area contributed by atoms with E-state index in [1.54, 1.807) is 0 Å². The second kappa shape index (κ2) is 10.6. The Morgan fingerprint density at radius 3 is 2.50 bits per heavy atom. The molecule has 0 aromatic heterocycles. The molecule has 0 radical (unpaired) electrons. The van der Waals surface area contributed by atoms with E-state index < -0.39 is 11.7 Å². The Kier molecular flexibility index (Phi) is 9.18. The minimum Gasteiger partial charge on any atom is -0.444 e. The zero-order chi connectivity index (χ0) is 18.3. The Balaban J connectivity index is 0.00000338. The van der Waals surface area contributed by atoms with Crippen molar-refractivity contribution in [1.29, 1.82) is 0 Å². The van der Waals surface area contributed by atoms with Crippen molar-refractivity contribution >= 4 is 36.0 Å². The number of alkyl carbamates (subject to hydrolysis) is 1. The number of nitrogens with two attached hydrogens (primary N) is 1. The van der Waals surface area contributed by atoms with Gasteiger partial charge in [-0.1, -0.05) is 36.8 Å². The van der Waals surface area contributed by atoms with E-state index in [2.05, 4.69) is 15.6 Å². The van der Waals surface area contributed by atoms with E-state index in [1.165, 1.54) is 19.3 Å². The lowest BCUT2D eigenvalue weighted by Crippen LogP contribution is -2.39. The van der Waals surface area contributed by atoms with Crippen molar-refractivity contribution in [2.24, 2.45) is 16.6 Å². The van der Waals surface area contributed by atoms with Gasteiger partial charge < -0.3 is 21.1 Å². The minimum absolute atomic E-state index is 0. The van der Waals surface area contributed by atoms with Gasteiger partial charge in [0.15, 0.2) is 5.96 Å². The summed E-state index contributed by atoms with van der Waals surface area (Å²) in [4.78, 5) is 16.5. The van der Waals surface area contributed by atoms with E-state index in [1.807, 2.05) is 51.1 Å². The van der Waals surface area contributed by atoms with Crippen LogP contribution in [0.15, 0.2) is 35.3 Å². The highest BCUT2D eigenvalue weighted by atomic mass is 127. The average Bonchev–Trinajstić information content (AvgIpc) is 2.49. The van der Waals surface area contributed by atoms with Crippen LogP contribution < -0.4 is 16.4 Å². The maximum atomic E-state index is 12.1. The van der Waals surface area contributed by atoms with E-state index in [4.69, 9.17) is 10.5 Å². The van der Waals surface area contributed by atoms with Gasteiger partial charge in [-0.05, 0) is 45.1 Å². The molecule has 1 amide bonds. The van der Waals surface area contributed by atoms with E-state index >= 15 is 0 Å². The van der Waals surface area contributed by atoms with Gasteiger partial charge in [-0.3, -0.25) is 4.99 Å². The number of benzene rings is 1. The number of amides is 1. The second-order valence-corrected chi connectivity index (χ2v) is 7.51. The molecular weight excluding hydrogens is 443 g/mol. The molecule has 2 rings (SSSR count). The Hall–Kier alpha value is -1.51. The molecule has 1 atom stereocenters. The molecule has 7 heteroatoms. The van der Waals surface area contributed by atoms with Crippen molar-refractivity contribution in [3.63, 3.8) is 0 Å². The summed E-state index contributed by atoms with van der Waals surface area (Å²) in [6.07, 6.45) is 3.36. The zero-order valence-electron chi connectivity index (χ0n) is 15.8. The van der Waals surface area contributed by atoms with Crippen LogP contribution in [-0.4, -0.2) is 30.7 Å². The third-order valence-electron chi connectivity index (χ3n) is 4.13. The molecule has 4 N–H and O–H groups in total. The molecule has 0 bridgehead atoms. The lowest BCUT2D eigenvalue weighted by atomic mass is 9.85. The van der Waals surface area contributed by atoms with Crippen molar-refractivity contribution in [3.8, 4) is 0 Å². The van der Waals surface area contributed by atoms with Crippen LogP contribution in [0.1, 0.15) is 51.6 Å². The SMILES string of the molecule is CC(C)(C)OC(=O)NC(CN=C(N)NCC1CCC1)c1ccccc1.I. The van der Waals surface area contributed by atoms with Gasteiger partial charge >= 0.3 is 6.09 Å². The molecule has 1 aliphatic rings. The maximum Gasteiger partial charge on any atom is 0.408 e. The van der Waals surface area contributed by atoms with Crippen LogP contribution in [0.2, 0.25) is 0 Å². The number of nitrogens with zero attached hydrogens (tertiary/aromatic N) is 1. The minimum atomic E-state index is -0.544. The normalized spacial score (nSPS) is 16.0.